The summed E-state index contributed by atoms with van der Waals surface area (Å²) in [5.74, 6) is 0. The molecule has 0 aliphatic heterocycles. The van der Waals surface area contributed by atoms with Crippen molar-refractivity contribution in [3.05, 3.63) is 34.9 Å². The van der Waals surface area contributed by atoms with Gasteiger partial charge in [-0.25, -0.2) is 13.2 Å². The molecule has 0 aromatic heterocycles. The fraction of sp³-hybridized carbons (Fsp3) is 0.500. The highest BCUT2D eigenvalue weighted by Crippen LogP contribution is 2.28. The molecule has 0 unspecified atom stereocenters. The molecule has 0 aliphatic rings. The average molecular weight is 271 g/mol. The lowest BCUT2D eigenvalue weighted by atomic mass is 10.00. The Balaban J connectivity index is 3.07. The molecule has 0 saturated heterocycles. The van der Waals surface area contributed by atoms with Gasteiger partial charge in [0, 0.05) is 10.3 Å². The summed E-state index contributed by atoms with van der Waals surface area (Å²) in [5, 5.41) is 0. The van der Waals surface area contributed by atoms with Crippen molar-refractivity contribution in [3.8, 4) is 0 Å². The Morgan fingerprint density at radius 3 is 2.39 bits per heavy atom. The molecular weight excluding hydrogens is 252 g/mol. The quantitative estimate of drug-likeness (QED) is 0.544. The molecule has 0 atom stereocenters. The van der Waals surface area contributed by atoms with Gasteiger partial charge in [-0.05, 0) is 57.7 Å². The van der Waals surface area contributed by atoms with Crippen molar-refractivity contribution in [1.29, 1.82) is 0 Å². The Morgan fingerprint density at radius 2 is 1.89 bits per heavy atom. The third-order valence-electron chi connectivity index (χ3n) is 2.46. The molecule has 0 spiro atoms. The fourth-order valence-electron chi connectivity index (χ4n) is 1.54. The smallest absolute Gasteiger partial charge is 0.220 e. The van der Waals surface area contributed by atoms with Crippen LogP contribution in [0.25, 0.3) is 0 Å². The molecule has 0 amide bonds. The molecule has 0 aliphatic carbocycles. The number of nitrogens with zero attached hydrogens (tertiary/aromatic N) is 1. The molecule has 1 aromatic carbocycles. The van der Waals surface area contributed by atoms with E-state index in [-0.39, 0.29) is 10.3 Å². The van der Waals surface area contributed by atoms with Gasteiger partial charge >= 0.3 is 0 Å². The highest BCUT2D eigenvalue weighted by atomic mass is 32.2. The van der Waals surface area contributed by atoms with E-state index in [1.807, 2.05) is 13.0 Å². The first-order valence-corrected chi connectivity index (χ1v) is 6.60. The van der Waals surface area contributed by atoms with Crippen LogP contribution in [-0.2, 0) is 0 Å². The Labute approximate surface area is 112 Å². The summed E-state index contributed by atoms with van der Waals surface area (Å²) in [7, 11) is 0. The highest BCUT2D eigenvalue weighted by molar-refractivity contribution is 7.99. The fourth-order valence-corrected chi connectivity index (χ4v) is 2.05. The van der Waals surface area contributed by atoms with Gasteiger partial charge in [0.05, 0.1) is 5.71 Å². The molecule has 0 saturated carbocycles. The lowest BCUT2D eigenvalue weighted by Crippen LogP contribution is -2.07. The number of rotatable bonds is 3. The molecule has 0 radical (unpaired) electrons. The van der Waals surface area contributed by atoms with Gasteiger partial charge in [0.1, 0.15) is 0 Å². The topological polar surface area (TPSA) is 12.4 Å². The van der Waals surface area contributed by atoms with E-state index in [0.29, 0.717) is 5.56 Å². The summed E-state index contributed by atoms with van der Waals surface area (Å²) in [5.41, 5.74) is 2.28. The zero-order valence-electron chi connectivity index (χ0n) is 11.4. The molecule has 1 nitrogen and oxygen atoms in total. The van der Waals surface area contributed by atoms with Crippen molar-refractivity contribution in [2.45, 2.75) is 45.8 Å². The van der Waals surface area contributed by atoms with Crippen LogP contribution in [0.4, 0.5) is 8.78 Å². The minimum atomic E-state index is -2.44. The second kappa shape index (κ2) is 5.83. The molecule has 0 heterocycles. The molecular formula is C14H19F2NS. The first-order valence-electron chi connectivity index (χ1n) is 5.83. The van der Waals surface area contributed by atoms with E-state index in [1.165, 1.54) is 18.0 Å². The summed E-state index contributed by atoms with van der Waals surface area (Å²) < 4.78 is 30.0. The molecule has 100 valence electrons. The van der Waals surface area contributed by atoms with Crippen LogP contribution in [0, 0.1) is 6.92 Å². The van der Waals surface area contributed by atoms with Crippen LogP contribution in [0.15, 0.2) is 22.6 Å². The Bertz CT molecular complexity index is 448. The number of benzene rings is 1. The average Bonchev–Trinajstić information content (AvgIpc) is 2.24. The third kappa shape index (κ3) is 4.09. The SMILES string of the molecule is C/C(=N\SC(C)(C)C)c1cccc(C(F)F)c1C. The van der Waals surface area contributed by atoms with E-state index >= 15 is 0 Å². The molecule has 1 aromatic rings. The summed E-state index contributed by atoms with van der Waals surface area (Å²) in [4.78, 5) is 0. The summed E-state index contributed by atoms with van der Waals surface area (Å²) in [6.07, 6.45) is -2.44. The van der Waals surface area contributed by atoms with Crippen molar-refractivity contribution in [3.63, 3.8) is 0 Å². The molecule has 4 heteroatoms. The van der Waals surface area contributed by atoms with Gasteiger partial charge < -0.3 is 0 Å². The maximum Gasteiger partial charge on any atom is 0.264 e. The van der Waals surface area contributed by atoms with Gasteiger partial charge in [-0.15, -0.1) is 0 Å². The third-order valence-corrected chi connectivity index (χ3v) is 3.37. The Hall–Kier alpha value is -0.900. The number of alkyl halides is 2. The predicted molar refractivity (Wildman–Crippen MR) is 75.7 cm³/mol. The first-order chi connectivity index (χ1) is 8.22. The summed E-state index contributed by atoms with van der Waals surface area (Å²) >= 11 is 1.46. The first kappa shape index (κ1) is 15.2. The summed E-state index contributed by atoms with van der Waals surface area (Å²) in [6, 6.07) is 4.96. The monoisotopic (exact) mass is 271 g/mol. The maximum absolute atomic E-state index is 12.8. The minimum Gasteiger partial charge on any atom is -0.220 e. The minimum absolute atomic E-state index is 0.0233. The number of halogens is 2. The predicted octanol–water partition coefficient (Wildman–Crippen LogP) is 5.19. The van der Waals surface area contributed by atoms with E-state index in [2.05, 4.69) is 25.2 Å². The number of hydrogen-bond acceptors (Lipinski definition) is 2. The van der Waals surface area contributed by atoms with Crippen LogP contribution in [0.2, 0.25) is 0 Å². The normalized spacial score (nSPS) is 13.2. The van der Waals surface area contributed by atoms with Gasteiger partial charge in [-0.1, -0.05) is 18.2 Å². The molecule has 1 rings (SSSR count). The van der Waals surface area contributed by atoms with E-state index in [9.17, 15) is 8.78 Å². The van der Waals surface area contributed by atoms with Crippen molar-refractivity contribution >= 4 is 17.7 Å². The summed E-state index contributed by atoms with van der Waals surface area (Å²) in [6.45, 7) is 9.78. The van der Waals surface area contributed by atoms with Crippen molar-refractivity contribution < 1.29 is 8.78 Å². The van der Waals surface area contributed by atoms with Crippen LogP contribution < -0.4 is 0 Å². The molecule has 18 heavy (non-hydrogen) atoms. The van der Waals surface area contributed by atoms with E-state index < -0.39 is 6.43 Å². The van der Waals surface area contributed by atoms with E-state index in [4.69, 9.17) is 0 Å². The number of hydrogen-bond donors (Lipinski definition) is 0. The van der Waals surface area contributed by atoms with Gasteiger partial charge in [-0.3, -0.25) is 0 Å². The van der Waals surface area contributed by atoms with Crippen LogP contribution in [0.1, 0.15) is 50.8 Å². The van der Waals surface area contributed by atoms with Crippen LogP contribution in [-0.4, -0.2) is 10.5 Å². The standard InChI is InChI=1S/C14H19F2NS/c1-9-11(7-6-8-12(9)13(15)16)10(2)17-18-14(3,4)5/h6-8,13H,1-5H3/b17-10+. The zero-order chi connectivity index (χ0) is 13.9. The van der Waals surface area contributed by atoms with Gasteiger partial charge in [0.25, 0.3) is 6.43 Å². The van der Waals surface area contributed by atoms with E-state index in [0.717, 1.165) is 11.3 Å². The van der Waals surface area contributed by atoms with Crippen molar-refractivity contribution in [2.75, 3.05) is 0 Å². The second-order valence-corrected chi connectivity index (χ2v) is 6.79. The molecule has 0 bridgehead atoms. The molecule has 0 fully saturated rings. The van der Waals surface area contributed by atoms with Gasteiger partial charge in [-0.2, -0.15) is 0 Å². The maximum atomic E-state index is 12.8. The van der Waals surface area contributed by atoms with Crippen LogP contribution >= 0.6 is 11.9 Å². The van der Waals surface area contributed by atoms with Gasteiger partial charge in [0.15, 0.2) is 0 Å². The molecule has 0 N–H and O–H groups in total. The largest absolute Gasteiger partial charge is 0.264 e. The van der Waals surface area contributed by atoms with E-state index in [1.54, 1.807) is 13.0 Å². The van der Waals surface area contributed by atoms with Crippen molar-refractivity contribution in [2.24, 2.45) is 4.40 Å². The van der Waals surface area contributed by atoms with Crippen molar-refractivity contribution in [1.82, 2.24) is 0 Å². The lowest BCUT2D eigenvalue weighted by molar-refractivity contribution is 0.150. The Kier molecular flexibility index (Phi) is 4.91. The van der Waals surface area contributed by atoms with Crippen LogP contribution in [0.5, 0.6) is 0 Å². The van der Waals surface area contributed by atoms with Crippen LogP contribution in [0.3, 0.4) is 0 Å². The lowest BCUT2D eigenvalue weighted by Gasteiger charge is -2.15. The zero-order valence-corrected chi connectivity index (χ0v) is 12.2. The van der Waals surface area contributed by atoms with Gasteiger partial charge in [0.2, 0.25) is 0 Å². The second-order valence-electron chi connectivity index (χ2n) is 5.20. The Morgan fingerprint density at radius 1 is 1.28 bits per heavy atom. The highest BCUT2D eigenvalue weighted by Gasteiger charge is 2.15.